The van der Waals surface area contributed by atoms with E-state index < -0.39 is 0 Å². The van der Waals surface area contributed by atoms with Gasteiger partial charge in [0.1, 0.15) is 0 Å². The molecule has 1 amide bonds. The molecule has 0 aliphatic heterocycles. The molecule has 1 saturated carbocycles. The smallest absolute Gasteiger partial charge is 0.225 e. The monoisotopic (exact) mass is 169 g/mol. The quantitative estimate of drug-likeness (QED) is 0.630. The van der Waals surface area contributed by atoms with Gasteiger partial charge in [0.25, 0.3) is 0 Å². The van der Waals surface area contributed by atoms with Crippen molar-refractivity contribution in [1.29, 1.82) is 0 Å². The maximum atomic E-state index is 11.7. The Bertz CT molecular complexity index is 161. The molecule has 0 heterocycles. The highest BCUT2D eigenvalue weighted by molar-refractivity contribution is 5.81. The molecule has 1 aliphatic carbocycles. The highest BCUT2D eigenvalue weighted by Gasteiger charge is 2.33. The summed E-state index contributed by atoms with van der Waals surface area (Å²) in [6.07, 6.45) is 3.30. The Kier molecular flexibility index (Phi) is 3.12. The molecular formula is C10H19NO. The zero-order chi connectivity index (χ0) is 9.14. The number of amides is 1. The molecule has 1 rings (SSSR count). The molecule has 0 unspecified atom stereocenters. The predicted octanol–water partition coefficient (Wildman–Crippen LogP) is 2.04. The van der Waals surface area contributed by atoms with Crippen LogP contribution in [0.25, 0.3) is 0 Å². The third kappa shape index (κ3) is 2.23. The van der Waals surface area contributed by atoms with Crippen LogP contribution in [0.1, 0.15) is 40.0 Å². The summed E-state index contributed by atoms with van der Waals surface area (Å²) in [7, 11) is 0. The van der Waals surface area contributed by atoms with Crippen LogP contribution in [-0.2, 0) is 4.79 Å². The van der Waals surface area contributed by atoms with E-state index in [4.69, 9.17) is 0 Å². The summed E-state index contributed by atoms with van der Waals surface area (Å²) >= 11 is 0. The first-order chi connectivity index (χ1) is 5.66. The third-order valence-electron chi connectivity index (χ3n) is 2.30. The summed E-state index contributed by atoms with van der Waals surface area (Å²) < 4.78 is 0. The molecule has 0 N–H and O–H groups in total. The van der Waals surface area contributed by atoms with Crippen molar-refractivity contribution in [2.45, 2.75) is 46.1 Å². The number of carbonyl (C=O) groups is 1. The Morgan fingerprint density at radius 1 is 1.50 bits per heavy atom. The van der Waals surface area contributed by atoms with Crippen LogP contribution in [0.2, 0.25) is 0 Å². The molecule has 1 aliphatic rings. The molecule has 0 atom stereocenters. The summed E-state index contributed by atoms with van der Waals surface area (Å²) in [4.78, 5) is 13.7. The Hall–Kier alpha value is -0.530. The van der Waals surface area contributed by atoms with Gasteiger partial charge in [-0.05, 0) is 33.1 Å². The first-order valence-corrected chi connectivity index (χ1v) is 4.97. The highest BCUT2D eigenvalue weighted by Crippen LogP contribution is 2.31. The Labute approximate surface area is 74.9 Å². The summed E-state index contributed by atoms with van der Waals surface area (Å²) in [6.45, 7) is 7.23. The summed E-state index contributed by atoms with van der Waals surface area (Å²) in [5.41, 5.74) is 0. The van der Waals surface area contributed by atoms with Gasteiger partial charge in [0.2, 0.25) is 5.91 Å². The highest BCUT2D eigenvalue weighted by atomic mass is 16.2. The predicted molar refractivity (Wildman–Crippen MR) is 49.9 cm³/mol. The Morgan fingerprint density at radius 2 is 2.08 bits per heavy atom. The van der Waals surface area contributed by atoms with Gasteiger partial charge in [-0.2, -0.15) is 0 Å². The fraction of sp³-hybridized carbons (Fsp3) is 0.900. The second-order valence-electron chi connectivity index (χ2n) is 3.90. The molecule has 0 aromatic carbocycles. The van der Waals surface area contributed by atoms with Crippen molar-refractivity contribution in [3.8, 4) is 0 Å². The summed E-state index contributed by atoms with van der Waals surface area (Å²) in [5, 5.41) is 0. The van der Waals surface area contributed by atoms with E-state index in [-0.39, 0.29) is 0 Å². The first-order valence-electron chi connectivity index (χ1n) is 4.97. The minimum atomic E-state index is 0.373. The van der Waals surface area contributed by atoms with Gasteiger partial charge in [-0.25, -0.2) is 0 Å². The molecule has 1 fully saturated rings. The molecular weight excluding hydrogens is 150 g/mol. The lowest BCUT2D eigenvalue weighted by atomic mass is 10.2. The van der Waals surface area contributed by atoms with E-state index >= 15 is 0 Å². The van der Waals surface area contributed by atoms with Gasteiger partial charge in [0.15, 0.2) is 0 Å². The number of nitrogens with zero attached hydrogens (tertiary/aromatic N) is 1. The van der Waals surface area contributed by atoms with Crippen LogP contribution >= 0.6 is 0 Å². The van der Waals surface area contributed by atoms with E-state index in [9.17, 15) is 4.79 Å². The molecule has 0 aromatic rings. The molecule has 0 aromatic heterocycles. The average Bonchev–Trinajstić information content (AvgIpc) is 2.80. The van der Waals surface area contributed by atoms with Crippen molar-refractivity contribution in [3.63, 3.8) is 0 Å². The average molecular weight is 169 g/mol. The van der Waals surface area contributed by atoms with Crippen LogP contribution < -0.4 is 0 Å². The first kappa shape index (κ1) is 9.56. The Morgan fingerprint density at radius 3 is 2.42 bits per heavy atom. The van der Waals surface area contributed by atoms with E-state index in [1.807, 2.05) is 4.90 Å². The van der Waals surface area contributed by atoms with Crippen molar-refractivity contribution in [3.05, 3.63) is 0 Å². The topological polar surface area (TPSA) is 20.3 Å². The van der Waals surface area contributed by atoms with E-state index in [2.05, 4.69) is 20.8 Å². The zero-order valence-corrected chi connectivity index (χ0v) is 8.34. The molecule has 0 radical (unpaired) electrons. The number of carbonyl (C=O) groups excluding carboxylic acids is 1. The normalized spacial score (nSPS) is 16.7. The number of hydrogen-bond donors (Lipinski definition) is 0. The van der Waals surface area contributed by atoms with E-state index in [0.717, 1.165) is 25.8 Å². The van der Waals surface area contributed by atoms with Gasteiger partial charge in [0, 0.05) is 18.5 Å². The largest absolute Gasteiger partial charge is 0.340 e. The SMILES string of the molecule is CCCN(C(=O)C1CC1)C(C)C. The van der Waals surface area contributed by atoms with E-state index in [0.29, 0.717) is 17.9 Å². The van der Waals surface area contributed by atoms with Crippen molar-refractivity contribution in [2.75, 3.05) is 6.54 Å². The standard InChI is InChI=1S/C10H19NO/c1-4-7-11(8(2)3)10(12)9-5-6-9/h8-9H,4-7H2,1-3H3. The molecule has 2 nitrogen and oxygen atoms in total. The minimum absolute atomic E-state index is 0.373. The third-order valence-corrected chi connectivity index (χ3v) is 2.30. The maximum absolute atomic E-state index is 11.7. The summed E-state index contributed by atoms with van der Waals surface area (Å²) in [5.74, 6) is 0.755. The van der Waals surface area contributed by atoms with Crippen molar-refractivity contribution >= 4 is 5.91 Å². The second-order valence-corrected chi connectivity index (χ2v) is 3.90. The van der Waals surface area contributed by atoms with Gasteiger partial charge in [-0.1, -0.05) is 6.92 Å². The number of hydrogen-bond acceptors (Lipinski definition) is 1. The lowest BCUT2D eigenvalue weighted by molar-refractivity contribution is -0.134. The molecule has 70 valence electrons. The van der Waals surface area contributed by atoms with Crippen molar-refractivity contribution in [2.24, 2.45) is 5.92 Å². The van der Waals surface area contributed by atoms with Crippen LogP contribution in [0, 0.1) is 5.92 Å². The molecule has 0 spiro atoms. The molecule has 2 heteroatoms. The van der Waals surface area contributed by atoms with Crippen molar-refractivity contribution < 1.29 is 4.79 Å². The van der Waals surface area contributed by atoms with Gasteiger partial charge in [-0.3, -0.25) is 4.79 Å². The van der Waals surface area contributed by atoms with Crippen LogP contribution in [0.3, 0.4) is 0 Å². The van der Waals surface area contributed by atoms with Gasteiger partial charge >= 0.3 is 0 Å². The van der Waals surface area contributed by atoms with Gasteiger partial charge in [-0.15, -0.1) is 0 Å². The molecule has 12 heavy (non-hydrogen) atoms. The van der Waals surface area contributed by atoms with Crippen LogP contribution in [-0.4, -0.2) is 23.4 Å². The van der Waals surface area contributed by atoms with Crippen LogP contribution in [0.15, 0.2) is 0 Å². The van der Waals surface area contributed by atoms with E-state index in [1.54, 1.807) is 0 Å². The van der Waals surface area contributed by atoms with Crippen molar-refractivity contribution in [1.82, 2.24) is 4.90 Å². The minimum Gasteiger partial charge on any atom is -0.340 e. The lowest BCUT2D eigenvalue weighted by Gasteiger charge is -2.26. The van der Waals surface area contributed by atoms with Crippen LogP contribution in [0.4, 0.5) is 0 Å². The maximum Gasteiger partial charge on any atom is 0.225 e. The molecule has 0 saturated heterocycles. The van der Waals surface area contributed by atoms with Gasteiger partial charge in [0.05, 0.1) is 0 Å². The fourth-order valence-electron chi connectivity index (χ4n) is 1.43. The molecule has 0 bridgehead atoms. The van der Waals surface area contributed by atoms with E-state index in [1.165, 1.54) is 0 Å². The zero-order valence-electron chi connectivity index (χ0n) is 8.34. The van der Waals surface area contributed by atoms with Gasteiger partial charge < -0.3 is 4.90 Å². The van der Waals surface area contributed by atoms with Crippen LogP contribution in [0.5, 0.6) is 0 Å². The second kappa shape index (κ2) is 3.92. The lowest BCUT2D eigenvalue weighted by Crippen LogP contribution is -2.38. The Balaban J connectivity index is 2.45. The fourth-order valence-corrected chi connectivity index (χ4v) is 1.43. The number of rotatable bonds is 4. The summed E-state index contributed by atoms with van der Waals surface area (Å²) in [6, 6.07) is 0.373.